The summed E-state index contributed by atoms with van der Waals surface area (Å²) in [7, 11) is 0. The molecule has 0 aliphatic rings. The first-order valence-corrected chi connectivity index (χ1v) is 9.68. The van der Waals surface area contributed by atoms with Gasteiger partial charge >= 0.3 is 11.9 Å². The Morgan fingerprint density at radius 1 is 0.897 bits per heavy atom. The van der Waals surface area contributed by atoms with Gasteiger partial charge in [0.15, 0.2) is 0 Å². The fourth-order valence-corrected chi connectivity index (χ4v) is 3.32. The molecule has 4 N–H and O–H groups in total. The molecule has 0 amide bonds. The zero-order chi connectivity index (χ0) is 21.4. The second-order valence-electron chi connectivity index (χ2n) is 6.41. The lowest BCUT2D eigenvalue weighted by atomic mass is 9.97. The highest BCUT2D eigenvalue weighted by molar-refractivity contribution is 6.32. The van der Waals surface area contributed by atoms with Crippen molar-refractivity contribution in [2.24, 2.45) is 5.73 Å². The Morgan fingerprint density at radius 3 is 2.14 bits per heavy atom. The Kier molecular flexibility index (Phi) is 8.46. The van der Waals surface area contributed by atoms with Gasteiger partial charge in [-0.15, -0.1) is 0 Å². The van der Waals surface area contributed by atoms with Gasteiger partial charge in [-0.3, -0.25) is 0 Å². The first-order chi connectivity index (χ1) is 13.8. The van der Waals surface area contributed by atoms with Crippen LogP contribution in [0.2, 0.25) is 10.0 Å². The van der Waals surface area contributed by atoms with Crippen LogP contribution in [0.4, 0.5) is 0 Å². The highest BCUT2D eigenvalue weighted by Crippen LogP contribution is 2.28. The number of hydrogen-bond acceptors (Lipinski definition) is 3. The van der Waals surface area contributed by atoms with E-state index in [1.54, 1.807) is 0 Å². The van der Waals surface area contributed by atoms with Crippen LogP contribution < -0.4 is 5.73 Å². The molecule has 5 nitrogen and oxygen atoms in total. The fraction of sp³-hybridized carbons (Fsp3) is 0.182. The van der Waals surface area contributed by atoms with Crippen LogP contribution in [0.1, 0.15) is 30.0 Å². The Hall–Kier alpha value is -2.60. The number of aliphatic carboxylic acids is 2. The molecule has 0 bridgehead atoms. The molecule has 0 saturated carbocycles. The third-order valence-electron chi connectivity index (χ3n) is 4.41. The molecule has 0 heterocycles. The zero-order valence-corrected chi connectivity index (χ0v) is 17.0. The van der Waals surface area contributed by atoms with Crippen LogP contribution >= 0.6 is 23.2 Å². The number of carboxylic acids is 2. The molecular weight excluding hydrogens is 413 g/mol. The molecule has 1 atom stereocenters. The van der Waals surface area contributed by atoms with Gasteiger partial charge in [0, 0.05) is 16.1 Å². The van der Waals surface area contributed by atoms with Gasteiger partial charge in [-0.05, 0) is 59.4 Å². The van der Waals surface area contributed by atoms with E-state index < -0.39 is 11.9 Å². The van der Waals surface area contributed by atoms with Crippen molar-refractivity contribution >= 4 is 45.9 Å². The van der Waals surface area contributed by atoms with E-state index in [4.69, 9.17) is 48.7 Å². The second-order valence-corrected chi connectivity index (χ2v) is 7.25. The van der Waals surface area contributed by atoms with Crippen LogP contribution in [-0.4, -0.2) is 22.2 Å². The van der Waals surface area contributed by atoms with Gasteiger partial charge in [0.1, 0.15) is 0 Å². The quantitative estimate of drug-likeness (QED) is 0.472. The lowest BCUT2D eigenvalue weighted by Gasteiger charge is -2.13. The van der Waals surface area contributed by atoms with Crippen LogP contribution in [0.5, 0.6) is 0 Å². The molecule has 1 unspecified atom stereocenters. The Bertz CT molecular complexity index is 978. The summed E-state index contributed by atoms with van der Waals surface area (Å²) in [5, 5.41) is 18.8. The number of carboxylic acid groups (broad SMARTS) is 2. The Morgan fingerprint density at radius 2 is 1.52 bits per heavy atom. The summed E-state index contributed by atoms with van der Waals surface area (Å²) < 4.78 is 0. The molecule has 3 aromatic carbocycles. The standard InChI is InChI=1S/C20H19Cl2N.C2H2O4/c21-16-11-8-15(9-12-16)20(23)7-3-6-18-17-5-2-1-4-14(17)10-13-19(18)22;3-1(4)2(5)6/h1-2,4-5,8-13,20H,3,6-7,23H2;(H,3,4)(H,5,6). The van der Waals surface area contributed by atoms with Gasteiger partial charge in [0.2, 0.25) is 0 Å². The van der Waals surface area contributed by atoms with Gasteiger partial charge in [-0.2, -0.15) is 0 Å². The zero-order valence-electron chi connectivity index (χ0n) is 15.5. The second kappa shape index (κ2) is 10.8. The molecule has 0 saturated heterocycles. The van der Waals surface area contributed by atoms with Crippen LogP contribution in [-0.2, 0) is 16.0 Å². The maximum atomic E-state index is 9.10. The monoisotopic (exact) mass is 433 g/mol. The average molecular weight is 434 g/mol. The Balaban J connectivity index is 0.000000438. The van der Waals surface area contributed by atoms with Gasteiger partial charge in [0.25, 0.3) is 0 Å². The minimum Gasteiger partial charge on any atom is -0.473 e. The van der Waals surface area contributed by atoms with Crippen molar-refractivity contribution in [2.45, 2.75) is 25.3 Å². The van der Waals surface area contributed by atoms with Crippen molar-refractivity contribution in [1.29, 1.82) is 0 Å². The van der Waals surface area contributed by atoms with Crippen molar-refractivity contribution in [3.05, 3.63) is 81.8 Å². The summed E-state index contributed by atoms with van der Waals surface area (Å²) in [6.07, 6.45) is 2.85. The molecular formula is C22H21Cl2NO4. The van der Waals surface area contributed by atoms with E-state index in [9.17, 15) is 0 Å². The number of nitrogens with two attached hydrogens (primary N) is 1. The maximum absolute atomic E-state index is 9.10. The number of carbonyl (C=O) groups is 2. The molecule has 0 fully saturated rings. The van der Waals surface area contributed by atoms with Crippen molar-refractivity contribution in [2.75, 3.05) is 0 Å². The van der Waals surface area contributed by atoms with E-state index in [2.05, 4.69) is 30.3 Å². The minimum absolute atomic E-state index is 0.0287. The number of aryl methyl sites for hydroxylation is 1. The number of benzene rings is 3. The number of hydrogen-bond donors (Lipinski definition) is 3. The summed E-state index contributed by atoms with van der Waals surface area (Å²) in [6.45, 7) is 0. The van der Waals surface area contributed by atoms with Gasteiger partial charge in [-0.1, -0.05) is 65.7 Å². The molecule has 0 aliphatic carbocycles. The van der Waals surface area contributed by atoms with Crippen LogP contribution in [0.25, 0.3) is 10.8 Å². The molecule has 0 spiro atoms. The number of rotatable bonds is 5. The lowest BCUT2D eigenvalue weighted by molar-refractivity contribution is -0.159. The molecule has 7 heteroatoms. The SMILES string of the molecule is NC(CCCc1c(Cl)ccc2ccccc12)c1ccc(Cl)cc1.O=C(O)C(=O)O. The van der Waals surface area contributed by atoms with Crippen molar-refractivity contribution in [3.63, 3.8) is 0 Å². The smallest absolute Gasteiger partial charge is 0.414 e. The van der Waals surface area contributed by atoms with Crippen molar-refractivity contribution in [3.8, 4) is 0 Å². The van der Waals surface area contributed by atoms with E-state index in [0.717, 1.165) is 34.9 Å². The predicted octanol–water partition coefficient (Wildman–Crippen LogP) is 5.32. The van der Waals surface area contributed by atoms with Crippen molar-refractivity contribution in [1.82, 2.24) is 0 Å². The molecule has 3 rings (SSSR count). The van der Waals surface area contributed by atoms with Crippen LogP contribution in [0.15, 0.2) is 60.7 Å². The van der Waals surface area contributed by atoms with Crippen LogP contribution in [0, 0.1) is 0 Å². The molecule has 0 aromatic heterocycles. The minimum atomic E-state index is -1.82. The predicted molar refractivity (Wildman–Crippen MR) is 116 cm³/mol. The summed E-state index contributed by atoms with van der Waals surface area (Å²) in [6, 6.07) is 20.2. The number of fused-ring (bicyclic) bond motifs is 1. The topological polar surface area (TPSA) is 101 Å². The van der Waals surface area contributed by atoms with E-state index >= 15 is 0 Å². The van der Waals surface area contributed by atoms with E-state index in [1.165, 1.54) is 16.3 Å². The molecule has 0 radical (unpaired) electrons. The molecule has 3 aromatic rings. The largest absolute Gasteiger partial charge is 0.473 e. The third-order valence-corrected chi connectivity index (χ3v) is 5.01. The first kappa shape index (κ1) is 22.7. The summed E-state index contributed by atoms with van der Waals surface area (Å²) in [5.41, 5.74) is 8.62. The summed E-state index contributed by atoms with van der Waals surface area (Å²) in [5.74, 6) is -3.65. The molecule has 29 heavy (non-hydrogen) atoms. The van der Waals surface area contributed by atoms with Gasteiger partial charge in [-0.25, -0.2) is 9.59 Å². The third kappa shape index (κ3) is 6.75. The Labute approximate surface area is 178 Å². The summed E-state index contributed by atoms with van der Waals surface area (Å²) in [4.78, 5) is 18.2. The van der Waals surface area contributed by atoms with Crippen molar-refractivity contribution < 1.29 is 19.8 Å². The highest BCUT2D eigenvalue weighted by atomic mass is 35.5. The number of halogens is 2. The lowest BCUT2D eigenvalue weighted by Crippen LogP contribution is -2.10. The van der Waals surface area contributed by atoms with E-state index in [-0.39, 0.29) is 6.04 Å². The van der Waals surface area contributed by atoms with E-state index in [0.29, 0.717) is 0 Å². The first-order valence-electron chi connectivity index (χ1n) is 8.93. The fourth-order valence-electron chi connectivity index (χ4n) is 2.94. The van der Waals surface area contributed by atoms with Crippen LogP contribution in [0.3, 0.4) is 0 Å². The van der Waals surface area contributed by atoms with Gasteiger partial charge in [0.05, 0.1) is 0 Å². The maximum Gasteiger partial charge on any atom is 0.414 e. The highest BCUT2D eigenvalue weighted by Gasteiger charge is 2.09. The average Bonchev–Trinajstić information content (AvgIpc) is 2.70. The summed E-state index contributed by atoms with van der Waals surface area (Å²) >= 11 is 12.3. The molecule has 152 valence electrons. The molecule has 0 aliphatic heterocycles. The van der Waals surface area contributed by atoms with Gasteiger partial charge < -0.3 is 15.9 Å². The van der Waals surface area contributed by atoms with E-state index in [1.807, 2.05) is 30.3 Å². The normalized spacial score (nSPS) is 11.4.